The fraction of sp³-hybridized carbons (Fsp3) is 0.333. The molecule has 2 aromatic rings. The third kappa shape index (κ3) is 2.14. The molecule has 0 spiro atoms. The first-order chi connectivity index (χ1) is 8.36. The van der Waals surface area contributed by atoms with Crippen LogP contribution in [0.25, 0.3) is 11.4 Å². The molecule has 1 aromatic carbocycles. The van der Waals surface area contributed by atoms with E-state index in [0.717, 1.165) is 24.2 Å². The molecule has 0 amide bonds. The fourth-order valence-corrected chi connectivity index (χ4v) is 1.57. The highest BCUT2D eigenvalue weighted by Crippen LogP contribution is 2.33. The highest BCUT2D eigenvalue weighted by molar-refractivity contribution is 5.63. The maximum atomic E-state index is 5.80. The van der Waals surface area contributed by atoms with Crippen LogP contribution in [0.5, 0.6) is 5.75 Å². The molecule has 1 aliphatic rings. The molecule has 0 saturated heterocycles. The summed E-state index contributed by atoms with van der Waals surface area (Å²) >= 11 is 0. The summed E-state index contributed by atoms with van der Waals surface area (Å²) in [5.74, 6) is 1.77. The zero-order chi connectivity index (χ0) is 11.7. The molecule has 2 N–H and O–H groups in total. The van der Waals surface area contributed by atoms with E-state index < -0.39 is 0 Å². The van der Waals surface area contributed by atoms with E-state index in [1.165, 1.54) is 0 Å². The molecule has 0 unspecified atom stereocenters. The van der Waals surface area contributed by atoms with Crippen LogP contribution >= 0.6 is 0 Å². The lowest BCUT2D eigenvalue weighted by Gasteiger charge is -2.07. The second-order valence-electron chi connectivity index (χ2n) is 4.03. The lowest BCUT2D eigenvalue weighted by atomic mass is 10.2. The minimum absolute atomic E-state index is 0.249. The largest absolute Gasteiger partial charge is 0.490 e. The molecular weight excluding hydrogens is 218 g/mol. The third-order valence-corrected chi connectivity index (χ3v) is 2.59. The van der Waals surface area contributed by atoms with Crippen LogP contribution in [-0.2, 0) is 6.54 Å². The van der Waals surface area contributed by atoms with Gasteiger partial charge in [-0.2, -0.15) is 4.98 Å². The second kappa shape index (κ2) is 4.18. The van der Waals surface area contributed by atoms with Gasteiger partial charge in [-0.05, 0) is 25.0 Å². The van der Waals surface area contributed by atoms with Crippen LogP contribution < -0.4 is 10.5 Å². The maximum absolute atomic E-state index is 5.80. The molecule has 1 aliphatic carbocycles. The Morgan fingerprint density at radius 1 is 1.35 bits per heavy atom. The Kier molecular flexibility index (Phi) is 2.53. The van der Waals surface area contributed by atoms with E-state index in [9.17, 15) is 0 Å². The van der Waals surface area contributed by atoms with Crippen LogP contribution in [0.15, 0.2) is 28.8 Å². The number of ether oxygens (including phenoxy) is 1. The zero-order valence-electron chi connectivity index (χ0n) is 9.30. The molecule has 3 rings (SSSR count). The summed E-state index contributed by atoms with van der Waals surface area (Å²) in [4.78, 5) is 4.20. The zero-order valence-corrected chi connectivity index (χ0v) is 9.30. The van der Waals surface area contributed by atoms with Gasteiger partial charge in [0, 0.05) is 0 Å². The summed E-state index contributed by atoms with van der Waals surface area (Å²) in [5, 5.41) is 3.90. The lowest BCUT2D eigenvalue weighted by Crippen LogP contribution is -1.98. The van der Waals surface area contributed by atoms with Gasteiger partial charge in [-0.1, -0.05) is 17.3 Å². The van der Waals surface area contributed by atoms with Crippen molar-refractivity contribution in [1.29, 1.82) is 0 Å². The van der Waals surface area contributed by atoms with E-state index in [1.54, 1.807) is 0 Å². The van der Waals surface area contributed by atoms with E-state index in [-0.39, 0.29) is 6.54 Å². The van der Waals surface area contributed by atoms with Crippen molar-refractivity contribution in [3.63, 3.8) is 0 Å². The first-order valence-electron chi connectivity index (χ1n) is 5.65. The summed E-state index contributed by atoms with van der Waals surface area (Å²) < 4.78 is 10.8. The Hall–Kier alpha value is -1.88. The monoisotopic (exact) mass is 231 g/mol. The highest BCUT2D eigenvalue weighted by atomic mass is 16.5. The molecule has 1 heterocycles. The average molecular weight is 231 g/mol. The van der Waals surface area contributed by atoms with Crippen molar-refractivity contribution in [2.45, 2.75) is 25.5 Å². The molecule has 17 heavy (non-hydrogen) atoms. The lowest BCUT2D eigenvalue weighted by molar-refractivity contribution is 0.304. The van der Waals surface area contributed by atoms with Gasteiger partial charge in [0.25, 0.3) is 0 Å². The van der Waals surface area contributed by atoms with Gasteiger partial charge in [-0.3, -0.25) is 0 Å². The van der Waals surface area contributed by atoms with Crippen molar-refractivity contribution in [2.24, 2.45) is 5.73 Å². The smallest absolute Gasteiger partial charge is 0.240 e. The molecule has 1 saturated carbocycles. The second-order valence-corrected chi connectivity index (χ2v) is 4.03. The first-order valence-corrected chi connectivity index (χ1v) is 5.65. The normalized spacial score (nSPS) is 14.9. The van der Waals surface area contributed by atoms with E-state index in [4.69, 9.17) is 15.0 Å². The van der Waals surface area contributed by atoms with Crippen LogP contribution in [0.2, 0.25) is 0 Å². The number of hydrogen-bond donors (Lipinski definition) is 1. The molecule has 0 aliphatic heterocycles. The minimum Gasteiger partial charge on any atom is -0.490 e. The highest BCUT2D eigenvalue weighted by Gasteiger charge is 2.25. The summed E-state index contributed by atoms with van der Waals surface area (Å²) in [5.41, 5.74) is 6.29. The van der Waals surface area contributed by atoms with E-state index in [0.29, 0.717) is 17.8 Å². The molecule has 88 valence electrons. The molecule has 5 heteroatoms. The van der Waals surface area contributed by atoms with Crippen LogP contribution in [0.3, 0.4) is 0 Å². The van der Waals surface area contributed by atoms with Gasteiger partial charge in [-0.15, -0.1) is 0 Å². The van der Waals surface area contributed by atoms with Crippen molar-refractivity contribution in [1.82, 2.24) is 10.1 Å². The average Bonchev–Trinajstić information content (AvgIpc) is 3.05. The number of benzene rings is 1. The molecule has 5 nitrogen and oxygen atoms in total. The van der Waals surface area contributed by atoms with Crippen molar-refractivity contribution in [3.8, 4) is 17.1 Å². The van der Waals surface area contributed by atoms with Gasteiger partial charge in [0.05, 0.1) is 18.2 Å². The molecule has 1 fully saturated rings. The number of nitrogens with two attached hydrogens (primary N) is 1. The number of rotatable bonds is 4. The van der Waals surface area contributed by atoms with Gasteiger partial charge >= 0.3 is 0 Å². The predicted molar refractivity (Wildman–Crippen MR) is 61.3 cm³/mol. The van der Waals surface area contributed by atoms with Gasteiger partial charge in [-0.25, -0.2) is 0 Å². The van der Waals surface area contributed by atoms with Crippen molar-refractivity contribution < 1.29 is 9.26 Å². The third-order valence-electron chi connectivity index (χ3n) is 2.59. The summed E-state index contributed by atoms with van der Waals surface area (Å²) in [6.45, 7) is 0.249. The van der Waals surface area contributed by atoms with Crippen molar-refractivity contribution in [2.75, 3.05) is 0 Å². The van der Waals surface area contributed by atoms with Gasteiger partial charge in [0.2, 0.25) is 11.7 Å². The summed E-state index contributed by atoms with van der Waals surface area (Å²) in [7, 11) is 0. The molecule has 0 bridgehead atoms. The quantitative estimate of drug-likeness (QED) is 0.867. The summed E-state index contributed by atoms with van der Waals surface area (Å²) in [6, 6.07) is 7.70. The number of hydrogen-bond acceptors (Lipinski definition) is 5. The Labute approximate surface area is 98.6 Å². The predicted octanol–water partition coefficient (Wildman–Crippen LogP) is 1.74. The van der Waals surface area contributed by atoms with E-state index >= 15 is 0 Å². The van der Waals surface area contributed by atoms with Gasteiger partial charge in [0.15, 0.2) is 0 Å². The maximum Gasteiger partial charge on any atom is 0.240 e. The number of nitrogens with zero attached hydrogens (tertiary/aromatic N) is 2. The Balaban J connectivity index is 1.94. The Morgan fingerprint density at radius 3 is 2.88 bits per heavy atom. The van der Waals surface area contributed by atoms with Gasteiger partial charge in [0.1, 0.15) is 5.75 Å². The van der Waals surface area contributed by atoms with Crippen LogP contribution in [0.4, 0.5) is 0 Å². The molecule has 0 atom stereocenters. The Bertz CT molecular complexity index is 520. The SMILES string of the molecule is NCc1nc(-c2ccccc2OC2CC2)no1. The molecule has 1 aromatic heterocycles. The van der Waals surface area contributed by atoms with Crippen molar-refractivity contribution >= 4 is 0 Å². The van der Waals surface area contributed by atoms with Crippen LogP contribution in [0.1, 0.15) is 18.7 Å². The molecular formula is C12H13N3O2. The van der Waals surface area contributed by atoms with E-state index in [1.807, 2.05) is 24.3 Å². The minimum atomic E-state index is 0.249. The van der Waals surface area contributed by atoms with Crippen LogP contribution in [0, 0.1) is 0 Å². The van der Waals surface area contributed by atoms with E-state index in [2.05, 4.69) is 10.1 Å². The number of aromatic nitrogens is 2. The van der Waals surface area contributed by atoms with Crippen molar-refractivity contribution in [3.05, 3.63) is 30.2 Å². The summed E-state index contributed by atoms with van der Waals surface area (Å²) in [6.07, 6.45) is 2.58. The molecule has 0 radical (unpaired) electrons. The first kappa shape index (κ1) is 10.3. The number of para-hydroxylation sites is 1. The van der Waals surface area contributed by atoms with Gasteiger partial charge < -0.3 is 15.0 Å². The topological polar surface area (TPSA) is 74.2 Å². The Morgan fingerprint density at radius 2 is 2.18 bits per heavy atom. The standard InChI is InChI=1S/C12H13N3O2/c13-7-11-14-12(15-17-11)9-3-1-2-4-10(9)16-8-5-6-8/h1-4,8H,5-7,13H2. The van der Waals surface area contributed by atoms with Crippen LogP contribution in [-0.4, -0.2) is 16.2 Å². The fourth-order valence-electron chi connectivity index (χ4n) is 1.57.